The lowest BCUT2D eigenvalue weighted by atomic mass is 10.1. The summed E-state index contributed by atoms with van der Waals surface area (Å²) < 4.78 is 13.9. The van der Waals surface area contributed by atoms with E-state index in [1.807, 2.05) is 22.8 Å². The SMILES string of the molecule is CN=C(OCC(C)CCCn1c(N)nc2cc(Br)ccc21)/C(=C\N)c1cc(C(=O)OC)cc(C)n1. The normalized spacial score (nSPS) is 13.2. The van der Waals surface area contributed by atoms with Crippen LogP contribution in [0.2, 0.25) is 0 Å². The summed E-state index contributed by atoms with van der Waals surface area (Å²) in [6, 6.07) is 9.24. The van der Waals surface area contributed by atoms with E-state index in [9.17, 15) is 4.79 Å². The molecule has 0 saturated heterocycles. The van der Waals surface area contributed by atoms with E-state index in [1.165, 1.54) is 13.3 Å². The number of nitrogens with two attached hydrogens (primary N) is 2. The zero-order chi connectivity index (χ0) is 25.5. The number of benzene rings is 1. The van der Waals surface area contributed by atoms with Crippen LogP contribution in [-0.2, 0) is 16.0 Å². The Morgan fingerprint density at radius 1 is 1.29 bits per heavy atom. The Morgan fingerprint density at radius 2 is 2.06 bits per heavy atom. The number of aliphatic imine (C=N–C) groups is 1. The molecule has 0 spiro atoms. The van der Waals surface area contributed by atoms with Gasteiger partial charge in [0.05, 0.1) is 41.6 Å². The van der Waals surface area contributed by atoms with Crippen LogP contribution in [0.5, 0.6) is 0 Å². The zero-order valence-electron chi connectivity index (χ0n) is 20.4. The van der Waals surface area contributed by atoms with Gasteiger partial charge in [0.2, 0.25) is 11.8 Å². The molecule has 1 atom stereocenters. The van der Waals surface area contributed by atoms with Gasteiger partial charge >= 0.3 is 5.97 Å². The fourth-order valence-corrected chi connectivity index (χ4v) is 4.18. The molecule has 0 fully saturated rings. The van der Waals surface area contributed by atoms with E-state index in [0.717, 1.165) is 34.9 Å². The number of aryl methyl sites for hydroxylation is 2. The van der Waals surface area contributed by atoms with Crippen LogP contribution in [0.3, 0.4) is 0 Å². The van der Waals surface area contributed by atoms with Gasteiger partial charge in [-0.05, 0) is 56.0 Å². The first-order valence-corrected chi connectivity index (χ1v) is 12.1. The first kappa shape index (κ1) is 26.2. The molecule has 186 valence electrons. The molecule has 35 heavy (non-hydrogen) atoms. The van der Waals surface area contributed by atoms with Gasteiger partial charge in [0.15, 0.2) is 0 Å². The molecule has 0 amide bonds. The molecule has 0 saturated carbocycles. The van der Waals surface area contributed by atoms with E-state index in [1.54, 1.807) is 26.1 Å². The lowest BCUT2D eigenvalue weighted by Crippen LogP contribution is -2.16. The number of aromatic nitrogens is 3. The van der Waals surface area contributed by atoms with Crippen molar-refractivity contribution >= 4 is 50.4 Å². The molecule has 0 bridgehead atoms. The largest absolute Gasteiger partial charge is 0.477 e. The Kier molecular flexibility index (Phi) is 8.86. The Hall–Kier alpha value is -3.40. The van der Waals surface area contributed by atoms with Crippen LogP contribution in [0.1, 0.15) is 41.5 Å². The number of hydrogen-bond acceptors (Lipinski definition) is 8. The van der Waals surface area contributed by atoms with Gasteiger partial charge in [0, 0.05) is 30.0 Å². The predicted octanol–water partition coefficient (Wildman–Crippen LogP) is 4.33. The minimum absolute atomic E-state index is 0.257. The predicted molar refractivity (Wildman–Crippen MR) is 142 cm³/mol. The molecule has 0 aliphatic heterocycles. The molecule has 9 nitrogen and oxygen atoms in total. The summed E-state index contributed by atoms with van der Waals surface area (Å²) in [6.45, 7) is 5.13. The summed E-state index contributed by atoms with van der Waals surface area (Å²) in [5.41, 5.74) is 16.0. The van der Waals surface area contributed by atoms with Crippen molar-refractivity contribution in [3.8, 4) is 0 Å². The standard InChI is InChI=1S/C25H31BrN6O3/c1-15(6-5-9-32-22-8-7-18(26)12-21(22)31-25(32)28)14-35-23(29-3)19(13-27)20-11-17(24(33)34-4)10-16(2)30-20/h7-8,10-13,15H,5-6,9,14,27H2,1-4H3,(H2,28,31)/b19-13-,29-23?. The summed E-state index contributed by atoms with van der Waals surface area (Å²) in [4.78, 5) is 25.2. The number of anilines is 1. The van der Waals surface area contributed by atoms with E-state index in [0.29, 0.717) is 41.0 Å². The summed E-state index contributed by atoms with van der Waals surface area (Å²) >= 11 is 3.47. The molecule has 1 aromatic carbocycles. The number of rotatable bonds is 9. The molecular weight excluding hydrogens is 512 g/mol. The van der Waals surface area contributed by atoms with Crippen LogP contribution in [0.15, 0.2) is 46.0 Å². The maximum atomic E-state index is 12.0. The third kappa shape index (κ3) is 6.39. The van der Waals surface area contributed by atoms with Crippen molar-refractivity contribution in [1.29, 1.82) is 0 Å². The second-order valence-electron chi connectivity index (χ2n) is 8.30. The highest BCUT2D eigenvalue weighted by atomic mass is 79.9. The second kappa shape index (κ2) is 11.8. The van der Waals surface area contributed by atoms with Crippen molar-refractivity contribution in [2.75, 3.05) is 26.5 Å². The van der Waals surface area contributed by atoms with Gasteiger partial charge in [-0.1, -0.05) is 22.9 Å². The second-order valence-corrected chi connectivity index (χ2v) is 9.21. The summed E-state index contributed by atoms with van der Waals surface area (Å²) in [5, 5.41) is 0. The number of nitrogen functional groups attached to an aromatic ring is 1. The monoisotopic (exact) mass is 542 g/mol. The minimum Gasteiger partial charge on any atom is -0.477 e. The summed E-state index contributed by atoms with van der Waals surface area (Å²) in [5.74, 6) is 0.685. The fourth-order valence-electron chi connectivity index (χ4n) is 3.83. The minimum atomic E-state index is -0.448. The van der Waals surface area contributed by atoms with E-state index in [-0.39, 0.29) is 5.92 Å². The summed E-state index contributed by atoms with van der Waals surface area (Å²) in [7, 11) is 2.97. The van der Waals surface area contributed by atoms with Crippen molar-refractivity contribution in [2.45, 2.75) is 33.2 Å². The summed E-state index contributed by atoms with van der Waals surface area (Å²) in [6.07, 6.45) is 3.22. The number of imidazole rings is 1. The molecule has 0 aliphatic carbocycles. The van der Waals surface area contributed by atoms with Crippen LogP contribution in [0.25, 0.3) is 16.6 Å². The number of methoxy groups -OCH3 is 1. The number of carbonyl (C=O) groups excluding carboxylic acids is 1. The highest BCUT2D eigenvalue weighted by Gasteiger charge is 2.17. The number of pyridine rings is 1. The quantitative estimate of drug-likeness (QED) is 0.233. The third-order valence-electron chi connectivity index (χ3n) is 5.57. The molecule has 3 rings (SSSR count). The maximum absolute atomic E-state index is 12.0. The van der Waals surface area contributed by atoms with E-state index in [2.05, 4.69) is 37.8 Å². The number of ether oxygens (including phenoxy) is 2. The Morgan fingerprint density at radius 3 is 2.74 bits per heavy atom. The smallest absolute Gasteiger partial charge is 0.337 e. The lowest BCUT2D eigenvalue weighted by molar-refractivity contribution is 0.0600. The molecule has 4 N–H and O–H groups in total. The number of esters is 1. The topological polar surface area (TPSA) is 131 Å². The molecule has 0 radical (unpaired) electrons. The number of nitrogens with zero attached hydrogens (tertiary/aromatic N) is 4. The average Bonchev–Trinajstić information content (AvgIpc) is 3.14. The van der Waals surface area contributed by atoms with Crippen LogP contribution < -0.4 is 11.5 Å². The molecular formula is C25H31BrN6O3. The van der Waals surface area contributed by atoms with Gasteiger partial charge in [0.1, 0.15) is 0 Å². The fraction of sp³-hybridized carbons (Fsp3) is 0.360. The third-order valence-corrected chi connectivity index (χ3v) is 6.07. The van der Waals surface area contributed by atoms with Gasteiger partial charge in [-0.15, -0.1) is 0 Å². The zero-order valence-corrected chi connectivity index (χ0v) is 22.0. The van der Waals surface area contributed by atoms with E-state index in [4.69, 9.17) is 20.9 Å². The first-order chi connectivity index (χ1) is 16.8. The number of hydrogen-bond donors (Lipinski definition) is 2. The molecule has 10 heteroatoms. The van der Waals surface area contributed by atoms with Crippen molar-refractivity contribution in [2.24, 2.45) is 16.6 Å². The number of halogens is 1. The lowest BCUT2D eigenvalue weighted by Gasteiger charge is -2.17. The maximum Gasteiger partial charge on any atom is 0.337 e. The Labute approximate surface area is 213 Å². The van der Waals surface area contributed by atoms with Crippen LogP contribution in [0.4, 0.5) is 5.95 Å². The molecule has 0 aliphatic rings. The van der Waals surface area contributed by atoms with Crippen molar-refractivity contribution < 1.29 is 14.3 Å². The number of carbonyl (C=O) groups is 1. The average molecular weight is 543 g/mol. The van der Waals surface area contributed by atoms with Crippen molar-refractivity contribution in [1.82, 2.24) is 14.5 Å². The Bertz CT molecular complexity index is 1270. The molecule has 3 aromatic rings. The molecule has 1 unspecified atom stereocenters. The Balaban J connectivity index is 1.60. The number of fused-ring (bicyclic) bond motifs is 1. The van der Waals surface area contributed by atoms with E-state index >= 15 is 0 Å². The molecule has 2 heterocycles. The van der Waals surface area contributed by atoms with Crippen LogP contribution in [0, 0.1) is 12.8 Å². The van der Waals surface area contributed by atoms with Crippen LogP contribution >= 0.6 is 15.9 Å². The van der Waals surface area contributed by atoms with Crippen molar-refractivity contribution in [3.63, 3.8) is 0 Å². The van der Waals surface area contributed by atoms with Gasteiger partial charge in [-0.25, -0.2) is 9.78 Å². The first-order valence-electron chi connectivity index (χ1n) is 11.3. The van der Waals surface area contributed by atoms with Crippen molar-refractivity contribution in [3.05, 3.63) is 58.0 Å². The van der Waals surface area contributed by atoms with Gasteiger partial charge in [-0.2, -0.15) is 0 Å². The van der Waals surface area contributed by atoms with Gasteiger partial charge < -0.3 is 25.5 Å². The van der Waals surface area contributed by atoms with Gasteiger partial charge in [-0.3, -0.25) is 9.98 Å². The van der Waals surface area contributed by atoms with E-state index < -0.39 is 5.97 Å². The highest BCUT2D eigenvalue weighted by molar-refractivity contribution is 9.10. The highest BCUT2D eigenvalue weighted by Crippen LogP contribution is 2.23. The van der Waals surface area contributed by atoms with Crippen LogP contribution in [-0.4, -0.2) is 47.2 Å². The van der Waals surface area contributed by atoms with Gasteiger partial charge in [0.25, 0.3) is 0 Å². The molecule has 2 aromatic heterocycles.